The maximum atomic E-state index is 12.8. The molecule has 0 spiro atoms. The van der Waals surface area contributed by atoms with Crippen LogP contribution in [-0.2, 0) is 11.0 Å². The van der Waals surface area contributed by atoms with E-state index in [1.165, 1.54) is 25.3 Å². The third-order valence-corrected chi connectivity index (χ3v) is 4.58. The fraction of sp³-hybridized carbons (Fsp3) is 0.333. The van der Waals surface area contributed by atoms with Crippen molar-refractivity contribution in [1.82, 2.24) is 15.3 Å². The smallest absolute Gasteiger partial charge is 0.353 e. The summed E-state index contributed by atoms with van der Waals surface area (Å²) in [6.45, 7) is 2.17. The molecule has 0 bridgehead atoms. The molecule has 0 radical (unpaired) electrons. The largest absolute Gasteiger partial charge is 0.417 e. The van der Waals surface area contributed by atoms with Crippen molar-refractivity contribution < 1.29 is 22.8 Å². The standard InChI is InChI=1S/C18H17ClF3N5O2/c1-10(28)25-15-6-11(2-4-23-15)17(29)26-13-3-5-27(9-13)16-14(19)7-12(8-24-16)18(20,21)22/h2,4,6-8,13H,3,5,9H2,1H3,(H,26,29)(H,23,25,28)/t13-/m0/s1. The van der Waals surface area contributed by atoms with Crippen LogP contribution in [0.25, 0.3) is 0 Å². The normalized spacial score (nSPS) is 16.6. The number of halogens is 4. The van der Waals surface area contributed by atoms with Crippen molar-refractivity contribution in [2.75, 3.05) is 23.3 Å². The molecule has 3 heterocycles. The maximum absolute atomic E-state index is 12.8. The Morgan fingerprint density at radius 2 is 2.03 bits per heavy atom. The van der Waals surface area contributed by atoms with Crippen molar-refractivity contribution in [2.24, 2.45) is 0 Å². The van der Waals surface area contributed by atoms with E-state index in [1.807, 2.05) is 0 Å². The molecule has 0 unspecified atom stereocenters. The third kappa shape index (κ3) is 5.14. The van der Waals surface area contributed by atoms with Crippen molar-refractivity contribution in [3.63, 3.8) is 0 Å². The highest BCUT2D eigenvalue weighted by Crippen LogP contribution is 2.34. The van der Waals surface area contributed by atoms with E-state index in [1.54, 1.807) is 4.90 Å². The second kappa shape index (κ2) is 8.24. The number of rotatable bonds is 4. The summed E-state index contributed by atoms with van der Waals surface area (Å²) >= 11 is 5.99. The Hall–Kier alpha value is -2.88. The van der Waals surface area contributed by atoms with Crippen LogP contribution in [-0.4, -0.2) is 40.9 Å². The van der Waals surface area contributed by atoms with Gasteiger partial charge < -0.3 is 15.5 Å². The number of carbonyl (C=O) groups excluding carboxylic acids is 2. The lowest BCUT2D eigenvalue weighted by Crippen LogP contribution is -2.37. The first kappa shape index (κ1) is 20.8. The van der Waals surface area contributed by atoms with Crippen LogP contribution in [0.1, 0.15) is 29.3 Å². The van der Waals surface area contributed by atoms with Gasteiger partial charge in [0, 0.05) is 44.0 Å². The first-order valence-corrected chi connectivity index (χ1v) is 9.03. The van der Waals surface area contributed by atoms with Crippen molar-refractivity contribution in [3.8, 4) is 0 Å². The van der Waals surface area contributed by atoms with Gasteiger partial charge in [0.15, 0.2) is 0 Å². The van der Waals surface area contributed by atoms with Gasteiger partial charge in [0.25, 0.3) is 5.91 Å². The Morgan fingerprint density at radius 1 is 1.28 bits per heavy atom. The molecule has 11 heteroatoms. The molecule has 7 nitrogen and oxygen atoms in total. The molecule has 2 aromatic rings. The van der Waals surface area contributed by atoms with Crippen LogP contribution in [0.3, 0.4) is 0 Å². The number of nitrogens with zero attached hydrogens (tertiary/aromatic N) is 3. The van der Waals surface area contributed by atoms with Gasteiger partial charge in [-0.1, -0.05) is 11.6 Å². The summed E-state index contributed by atoms with van der Waals surface area (Å²) in [5.41, 5.74) is -0.587. The van der Waals surface area contributed by atoms with Crippen molar-refractivity contribution in [1.29, 1.82) is 0 Å². The van der Waals surface area contributed by atoms with Gasteiger partial charge >= 0.3 is 6.18 Å². The molecule has 154 valence electrons. The van der Waals surface area contributed by atoms with Gasteiger partial charge in [0.1, 0.15) is 11.6 Å². The van der Waals surface area contributed by atoms with E-state index in [-0.39, 0.29) is 34.5 Å². The summed E-state index contributed by atoms with van der Waals surface area (Å²) in [5, 5.41) is 5.26. The molecule has 0 aromatic carbocycles. The molecular formula is C18H17ClF3N5O2. The fourth-order valence-electron chi connectivity index (χ4n) is 2.98. The summed E-state index contributed by atoms with van der Waals surface area (Å²) in [6.07, 6.45) is -1.79. The van der Waals surface area contributed by atoms with Gasteiger partial charge in [-0.3, -0.25) is 9.59 Å². The minimum absolute atomic E-state index is 0.0964. The lowest BCUT2D eigenvalue weighted by atomic mass is 10.2. The van der Waals surface area contributed by atoms with Crippen LogP contribution in [0, 0.1) is 0 Å². The van der Waals surface area contributed by atoms with Crippen molar-refractivity contribution >= 4 is 35.1 Å². The Bertz CT molecular complexity index is 938. The van der Waals surface area contributed by atoms with Crippen LogP contribution < -0.4 is 15.5 Å². The Kier molecular flexibility index (Phi) is 5.92. The highest BCUT2D eigenvalue weighted by Gasteiger charge is 2.33. The summed E-state index contributed by atoms with van der Waals surface area (Å²) in [5.74, 6) is -0.146. The summed E-state index contributed by atoms with van der Waals surface area (Å²) in [6, 6.07) is 3.58. The van der Waals surface area contributed by atoms with Crippen LogP contribution >= 0.6 is 11.6 Å². The molecule has 1 aliphatic rings. The Morgan fingerprint density at radius 3 is 2.69 bits per heavy atom. The minimum atomic E-state index is -4.52. The number of hydrogen-bond acceptors (Lipinski definition) is 5. The minimum Gasteiger partial charge on any atom is -0.353 e. The number of pyridine rings is 2. The number of amides is 2. The maximum Gasteiger partial charge on any atom is 0.417 e. The number of nitrogens with one attached hydrogen (secondary N) is 2. The molecule has 29 heavy (non-hydrogen) atoms. The van der Waals surface area contributed by atoms with E-state index < -0.39 is 11.7 Å². The van der Waals surface area contributed by atoms with Crippen molar-refractivity contribution in [3.05, 3.63) is 46.7 Å². The van der Waals surface area contributed by atoms with Gasteiger partial charge in [-0.15, -0.1) is 0 Å². The lowest BCUT2D eigenvalue weighted by Gasteiger charge is -2.20. The van der Waals surface area contributed by atoms with E-state index in [4.69, 9.17) is 11.6 Å². The SMILES string of the molecule is CC(=O)Nc1cc(C(=O)N[C@H]2CCN(c3ncc(C(F)(F)F)cc3Cl)C2)ccn1. The summed E-state index contributed by atoms with van der Waals surface area (Å²) < 4.78 is 38.3. The summed E-state index contributed by atoms with van der Waals surface area (Å²) in [4.78, 5) is 33.1. The lowest BCUT2D eigenvalue weighted by molar-refractivity contribution is -0.137. The highest BCUT2D eigenvalue weighted by atomic mass is 35.5. The molecule has 3 rings (SSSR count). The van der Waals surface area contributed by atoms with Crippen molar-refractivity contribution in [2.45, 2.75) is 25.6 Å². The number of carbonyl (C=O) groups is 2. The molecule has 1 saturated heterocycles. The molecule has 1 atom stereocenters. The molecule has 2 amide bonds. The predicted octanol–water partition coefficient (Wildman–Crippen LogP) is 3.12. The molecule has 1 fully saturated rings. The molecule has 2 aromatic heterocycles. The number of anilines is 2. The van der Waals surface area contributed by atoms with Crippen LogP contribution in [0.15, 0.2) is 30.6 Å². The highest BCUT2D eigenvalue weighted by molar-refractivity contribution is 6.33. The molecular weight excluding hydrogens is 411 g/mol. The summed E-state index contributed by atoms with van der Waals surface area (Å²) in [7, 11) is 0. The molecule has 0 aliphatic carbocycles. The third-order valence-electron chi connectivity index (χ3n) is 4.30. The van der Waals surface area contributed by atoms with Crippen LogP contribution in [0.2, 0.25) is 5.02 Å². The quantitative estimate of drug-likeness (QED) is 0.783. The monoisotopic (exact) mass is 427 g/mol. The Labute approximate surface area is 169 Å². The Balaban J connectivity index is 1.64. The van der Waals surface area contributed by atoms with E-state index in [0.717, 1.165) is 12.3 Å². The van der Waals surface area contributed by atoms with Gasteiger partial charge in [0.05, 0.1) is 10.6 Å². The molecule has 0 saturated carbocycles. The van der Waals surface area contributed by atoms with E-state index in [9.17, 15) is 22.8 Å². The topological polar surface area (TPSA) is 87.2 Å². The fourth-order valence-corrected chi connectivity index (χ4v) is 3.26. The van der Waals surface area contributed by atoms with Gasteiger partial charge in [-0.25, -0.2) is 9.97 Å². The predicted molar refractivity (Wildman–Crippen MR) is 101 cm³/mol. The number of aromatic nitrogens is 2. The van der Waals surface area contributed by atoms with E-state index >= 15 is 0 Å². The zero-order valence-corrected chi connectivity index (χ0v) is 16.0. The zero-order chi connectivity index (χ0) is 21.2. The van der Waals surface area contributed by atoms with E-state index in [2.05, 4.69) is 20.6 Å². The van der Waals surface area contributed by atoms with Gasteiger partial charge in [0.2, 0.25) is 5.91 Å². The number of hydrogen-bond donors (Lipinski definition) is 2. The average molecular weight is 428 g/mol. The molecule has 1 aliphatic heterocycles. The van der Waals surface area contributed by atoms with E-state index in [0.29, 0.717) is 25.1 Å². The van der Waals surface area contributed by atoms with Gasteiger partial charge in [-0.2, -0.15) is 13.2 Å². The first-order chi connectivity index (χ1) is 13.6. The first-order valence-electron chi connectivity index (χ1n) is 8.65. The molecule has 2 N–H and O–H groups in total. The second-order valence-corrected chi connectivity index (χ2v) is 6.95. The van der Waals surface area contributed by atoms with Crippen LogP contribution in [0.4, 0.5) is 24.8 Å². The number of alkyl halides is 3. The average Bonchev–Trinajstić information content (AvgIpc) is 3.08. The van der Waals surface area contributed by atoms with Crippen LogP contribution in [0.5, 0.6) is 0 Å². The van der Waals surface area contributed by atoms with Gasteiger partial charge in [-0.05, 0) is 24.6 Å². The zero-order valence-electron chi connectivity index (χ0n) is 15.3. The second-order valence-electron chi connectivity index (χ2n) is 6.54.